The summed E-state index contributed by atoms with van der Waals surface area (Å²) in [4.78, 5) is 76.7. The van der Waals surface area contributed by atoms with Crippen molar-refractivity contribution < 1.29 is 28.0 Å². The smallest absolute Gasteiger partial charge is 0.410 e. The average molecular weight is 1110 g/mol. The van der Waals surface area contributed by atoms with Crippen LogP contribution in [0.15, 0.2) is 95.2 Å². The molecule has 3 N–H and O–H groups in total. The van der Waals surface area contributed by atoms with E-state index >= 15 is 0 Å². The lowest BCUT2D eigenvalue weighted by Gasteiger charge is -2.26. The number of carbonyl (C=O) groups is 3. The number of aryl methyl sites for hydroxylation is 2. The van der Waals surface area contributed by atoms with Crippen molar-refractivity contribution in [1.82, 2.24) is 69.6 Å². The SMILES string of the molecule is Cl.Cn1cc(Nc2ncnc(-c3ccc4c(c3)CN(C(=O)OC(C)(C)C)CC[C@H]4CC(=O)c3coc(C(C)(C)C)n3)n2)cn1.Cn1cc(Nc2ncnc(-c3ccc4c(c3)CNCC[C@H]4CC(=O)c3coc(C(C)(C)C)n3)n2)cn1. The van der Waals surface area contributed by atoms with Crippen LogP contribution in [0.2, 0.25) is 0 Å². The largest absolute Gasteiger partial charge is 0.448 e. The number of carbonyl (C=O) groups excluding carboxylic acids is 3. The molecule has 8 heterocycles. The first-order chi connectivity index (χ1) is 37.5. The Balaban J connectivity index is 0.000000211. The van der Waals surface area contributed by atoms with Crippen LogP contribution in [0, 0.1) is 0 Å². The van der Waals surface area contributed by atoms with Crippen molar-refractivity contribution in [2.75, 3.05) is 23.7 Å². The number of Topliss-reactive ketones (excluding diaryl/α,β-unsaturated/α-hetero) is 2. The van der Waals surface area contributed by atoms with Gasteiger partial charge in [0, 0.05) is 80.9 Å². The molecule has 80 heavy (non-hydrogen) atoms. The summed E-state index contributed by atoms with van der Waals surface area (Å²) in [5, 5.41) is 18.1. The van der Waals surface area contributed by atoms with Crippen molar-refractivity contribution in [3.8, 4) is 22.8 Å². The van der Waals surface area contributed by atoms with Crippen LogP contribution in [-0.4, -0.2) is 101 Å². The van der Waals surface area contributed by atoms with Crippen molar-refractivity contribution >= 4 is 53.3 Å². The standard InChI is InChI=1S/C31H38N8O4.C26H30N8O2.ClH/c1-30(2,3)27-36-24(17-42-27)25(40)13-19-10-11-39(29(41)43-31(4,5)6)15-21-12-20(8-9-23(19)21)26-32-18-33-28(37-26)35-22-14-34-38(7)16-22;1-26(2,3)24-32-21(14-36-24)22(35)10-16-7-8-27-11-18-9-17(5-6-20(16)18)23-28-15-29-25(33-23)31-19-12-30-34(4)13-19;/h8-9,12,14,16-19H,10-11,13,15H2,1-7H3,(H,32,33,35,37);5-6,9,12-16,27H,7-8,10-11H2,1-4H3,(H,28,29,31,33);1H/t19-;16-;/m00./s1. The second-order valence-electron chi connectivity index (χ2n) is 23.0. The molecule has 0 spiro atoms. The summed E-state index contributed by atoms with van der Waals surface area (Å²) in [6.07, 6.45) is 14.6. The molecule has 1 amide bonds. The van der Waals surface area contributed by atoms with E-state index in [1.54, 1.807) is 26.7 Å². The molecule has 0 aliphatic carbocycles. The number of ether oxygens (including phenoxy) is 1. The summed E-state index contributed by atoms with van der Waals surface area (Å²) in [6.45, 7) is 19.9. The van der Waals surface area contributed by atoms with Crippen LogP contribution in [0.1, 0.15) is 155 Å². The van der Waals surface area contributed by atoms with Crippen LogP contribution < -0.4 is 16.0 Å². The Bertz CT molecular complexity index is 3470. The minimum absolute atomic E-state index is 0. The zero-order valence-corrected chi connectivity index (χ0v) is 47.9. The van der Waals surface area contributed by atoms with Crippen LogP contribution in [0.3, 0.4) is 0 Å². The van der Waals surface area contributed by atoms with Gasteiger partial charge in [-0.05, 0) is 86.4 Å². The molecule has 2 atom stereocenters. The Kier molecular flexibility index (Phi) is 17.4. The van der Waals surface area contributed by atoms with Crippen molar-refractivity contribution in [2.24, 2.45) is 14.1 Å². The first-order valence-corrected chi connectivity index (χ1v) is 26.3. The van der Waals surface area contributed by atoms with Crippen LogP contribution in [0.4, 0.5) is 28.1 Å². The number of anilines is 4. The molecule has 6 aromatic heterocycles. The number of oxazole rings is 2. The molecule has 420 valence electrons. The van der Waals surface area contributed by atoms with Crippen molar-refractivity contribution in [1.29, 1.82) is 0 Å². The van der Waals surface area contributed by atoms with Gasteiger partial charge in [-0.3, -0.25) is 19.0 Å². The summed E-state index contributed by atoms with van der Waals surface area (Å²) in [5.74, 6) is 2.83. The Hall–Kier alpha value is -8.24. The maximum absolute atomic E-state index is 13.4. The molecule has 0 fully saturated rings. The van der Waals surface area contributed by atoms with Crippen LogP contribution in [0.25, 0.3) is 22.8 Å². The van der Waals surface area contributed by atoms with E-state index in [9.17, 15) is 14.4 Å². The first kappa shape index (κ1) is 57.9. The van der Waals surface area contributed by atoms with Crippen LogP contribution in [0.5, 0.6) is 0 Å². The number of hydrogen-bond acceptors (Lipinski definition) is 19. The molecule has 0 bridgehead atoms. The van der Waals surface area contributed by atoms with Gasteiger partial charge in [-0.1, -0.05) is 65.8 Å². The highest BCUT2D eigenvalue weighted by Gasteiger charge is 2.32. The normalized spacial score (nSPS) is 15.5. The van der Waals surface area contributed by atoms with Crippen molar-refractivity contribution in [3.63, 3.8) is 0 Å². The lowest BCUT2D eigenvalue weighted by Crippen LogP contribution is -2.36. The summed E-state index contributed by atoms with van der Waals surface area (Å²) < 4.78 is 20.3. The summed E-state index contributed by atoms with van der Waals surface area (Å²) in [7, 11) is 3.68. The third kappa shape index (κ3) is 14.5. The molecule has 2 aliphatic heterocycles. The molecular weight excluding hydrogens is 1040 g/mol. The molecule has 0 unspecified atom stereocenters. The molecule has 0 radical (unpaired) electrons. The average Bonchev–Trinajstić information content (AvgIpc) is 4.27. The highest BCUT2D eigenvalue weighted by atomic mass is 35.5. The monoisotopic (exact) mass is 1110 g/mol. The fraction of sp³-hybridized carbons (Fsp3) is 0.421. The number of nitrogens with one attached hydrogen (secondary N) is 3. The minimum atomic E-state index is -0.635. The molecule has 23 heteroatoms. The van der Waals surface area contributed by atoms with E-state index in [0.29, 0.717) is 72.6 Å². The number of amides is 1. The molecular formula is C57H69ClN16O6. The van der Waals surface area contributed by atoms with Gasteiger partial charge in [-0.25, -0.2) is 34.7 Å². The van der Waals surface area contributed by atoms with E-state index in [0.717, 1.165) is 58.7 Å². The second kappa shape index (κ2) is 24.0. The minimum Gasteiger partial charge on any atom is -0.448 e. The zero-order valence-electron chi connectivity index (χ0n) is 47.1. The number of halogens is 1. The Labute approximate surface area is 470 Å². The van der Waals surface area contributed by atoms with E-state index in [1.165, 1.54) is 30.7 Å². The number of ketones is 2. The predicted molar refractivity (Wildman–Crippen MR) is 302 cm³/mol. The quantitative estimate of drug-likeness (QED) is 0.0960. The molecule has 0 saturated heterocycles. The fourth-order valence-electron chi connectivity index (χ4n) is 9.26. The van der Waals surface area contributed by atoms with Crippen molar-refractivity contribution in [2.45, 2.75) is 129 Å². The number of hydrogen-bond donors (Lipinski definition) is 3. The molecule has 8 aromatic rings. The van der Waals surface area contributed by atoms with Crippen molar-refractivity contribution in [3.05, 3.63) is 132 Å². The van der Waals surface area contributed by atoms with Gasteiger partial charge in [0.25, 0.3) is 0 Å². The van der Waals surface area contributed by atoms with Gasteiger partial charge >= 0.3 is 6.09 Å². The number of aromatic nitrogens is 12. The molecule has 2 aromatic carbocycles. The second-order valence-corrected chi connectivity index (χ2v) is 23.0. The third-order valence-electron chi connectivity index (χ3n) is 13.2. The molecule has 0 saturated carbocycles. The summed E-state index contributed by atoms with van der Waals surface area (Å²) >= 11 is 0. The highest BCUT2D eigenvalue weighted by molar-refractivity contribution is 5.95. The summed E-state index contributed by atoms with van der Waals surface area (Å²) in [6, 6.07) is 12.1. The van der Waals surface area contributed by atoms with Gasteiger partial charge in [0.2, 0.25) is 11.9 Å². The number of rotatable bonds is 12. The lowest BCUT2D eigenvalue weighted by atomic mass is 9.87. The first-order valence-electron chi connectivity index (χ1n) is 26.3. The zero-order chi connectivity index (χ0) is 56.2. The fourth-order valence-corrected chi connectivity index (χ4v) is 9.26. The van der Waals surface area contributed by atoms with Crippen LogP contribution >= 0.6 is 12.4 Å². The molecule has 10 rings (SSSR count). The van der Waals surface area contributed by atoms with E-state index in [-0.39, 0.29) is 53.1 Å². The van der Waals surface area contributed by atoms with Gasteiger partial charge in [-0.15, -0.1) is 12.4 Å². The van der Waals surface area contributed by atoms with E-state index in [2.05, 4.69) is 78.2 Å². The molecule has 22 nitrogen and oxygen atoms in total. The Morgan fingerprint density at radius 3 is 1.61 bits per heavy atom. The maximum Gasteiger partial charge on any atom is 0.410 e. The van der Waals surface area contributed by atoms with Gasteiger partial charge in [0.05, 0.1) is 23.8 Å². The van der Waals surface area contributed by atoms with Gasteiger partial charge < -0.3 is 34.4 Å². The van der Waals surface area contributed by atoms with Crippen LogP contribution in [-0.2, 0) is 42.8 Å². The van der Waals surface area contributed by atoms with Gasteiger partial charge in [0.15, 0.2) is 35.0 Å². The maximum atomic E-state index is 13.4. The number of fused-ring (bicyclic) bond motifs is 2. The van der Waals surface area contributed by atoms with E-state index < -0.39 is 11.7 Å². The Morgan fingerprint density at radius 1 is 0.662 bits per heavy atom. The summed E-state index contributed by atoms with van der Waals surface area (Å²) in [5.41, 5.74) is 6.94. The lowest BCUT2D eigenvalue weighted by molar-refractivity contribution is 0.0234. The van der Waals surface area contributed by atoms with Gasteiger partial charge in [-0.2, -0.15) is 20.2 Å². The van der Waals surface area contributed by atoms with Gasteiger partial charge in [0.1, 0.15) is 42.2 Å². The number of nitrogens with zero attached hydrogens (tertiary/aromatic N) is 13. The highest BCUT2D eigenvalue weighted by Crippen LogP contribution is 2.37. The topological polar surface area (TPSA) is 265 Å². The van der Waals surface area contributed by atoms with E-state index in [1.807, 2.05) is 113 Å². The van der Waals surface area contributed by atoms with E-state index in [4.69, 9.17) is 13.6 Å². The number of benzene rings is 2. The predicted octanol–water partition coefficient (Wildman–Crippen LogP) is 10.4. The Morgan fingerprint density at radius 2 is 1.15 bits per heavy atom. The molecule has 2 aliphatic rings. The third-order valence-corrected chi connectivity index (χ3v) is 13.2.